The van der Waals surface area contributed by atoms with E-state index >= 15 is 0 Å². The summed E-state index contributed by atoms with van der Waals surface area (Å²) in [6, 6.07) is 10.1. The van der Waals surface area contributed by atoms with Crippen LogP contribution in [0.4, 0.5) is 0 Å². The molecule has 2 unspecified atom stereocenters. The first-order valence-corrected chi connectivity index (χ1v) is 8.43. The van der Waals surface area contributed by atoms with E-state index in [0.717, 1.165) is 29.0 Å². The SMILES string of the molecule is CC1CCC(C(C)(C)SC(=S)c2ccccc2)C(=O)C1. The van der Waals surface area contributed by atoms with Gasteiger partial charge in [0.2, 0.25) is 0 Å². The molecule has 20 heavy (non-hydrogen) atoms. The summed E-state index contributed by atoms with van der Waals surface area (Å²) in [5.41, 5.74) is 1.08. The zero-order chi connectivity index (χ0) is 14.8. The molecule has 3 heteroatoms. The van der Waals surface area contributed by atoms with Crippen molar-refractivity contribution in [2.45, 2.75) is 44.8 Å². The number of hydrogen-bond acceptors (Lipinski definition) is 3. The number of thioether (sulfide) groups is 1. The Hall–Kier alpha value is -0.670. The van der Waals surface area contributed by atoms with E-state index in [1.807, 2.05) is 30.3 Å². The van der Waals surface area contributed by atoms with Gasteiger partial charge in [-0.05, 0) is 38.2 Å². The fourth-order valence-corrected chi connectivity index (χ4v) is 4.78. The zero-order valence-electron chi connectivity index (χ0n) is 12.4. The minimum Gasteiger partial charge on any atom is -0.299 e. The lowest BCUT2D eigenvalue weighted by atomic mass is 9.76. The number of Topliss-reactive ketones (excluding diaryl/α,β-unsaturated/α-hetero) is 1. The average Bonchev–Trinajstić information content (AvgIpc) is 2.38. The number of carbonyl (C=O) groups is 1. The topological polar surface area (TPSA) is 17.1 Å². The number of hydrogen-bond donors (Lipinski definition) is 0. The van der Waals surface area contributed by atoms with Crippen LogP contribution in [0.2, 0.25) is 0 Å². The summed E-state index contributed by atoms with van der Waals surface area (Å²) in [6.07, 6.45) is 2.88. The number of carbonyl (C=O) groups excluding carboxylic acids is 1. The van der Waals surface area contributed by atoms with Crippen LogP contribution in [0, 0.1) is 11.8 Å². The standard InChI is InChI=1S/C17H22OS2/c1-12-9-10-14(15(18)11-12)17(2,3)20-16(19)13-7-5-4-6-8-13/h4-8,12,14H,9-11H2,1-3H3. The highest BCUT2D eigenvalue weighted by atomic mass is 32.2. The molecule has 0 radical (unpaired) electrons. The largest absolute Gasteiger partial charge is 0.299 e. The van der Waals surface area contributed by atoms with Crippen molar-refractivity contribution in [2.75, 3.05) is 0 Å². The number of rotatable bonds is 3. The van der Waals surface area contributed by atoms with E-state index in [1.54, 1.807) is 11.8 Å². The summed E-state index contributed by atoms with van der Waals surface area (Å²) < 4.78 is 0.770. The van der Waals surface area contributed by atoms with E-state index in [-0.39, 0.29) is 10.7 Å². The highest BCUT2D eigenvalue weighted by molar-refractivity contribution is 8.24. The van der Waals surface area contributed by atoms with Crippen molar-refractivity contribution in [3.63, 3.8) is 0 Å². The molecule has 1 aromatic carbocycles. The molecule has 108 valence electrons. The molecule has 0 amide bonds. The van der Waals surface area contributed by atoms with Gasteiger partial charge in [-0.15, -0.1) is 11.8 Å². The van der Waals surface area contributed by atoms with Crippen molar-refractivity contribution in [2.24, 2.45) is 11.8 Å². The lowest BCUT2D eigenvalue weighted by molar-refractivity contribution is -0.126. The molecule has 0 heterocycles. The smallest absolute Gasteiger partial charge is 0.137 e. The summed E-state index contributed by atoms with van der Waals surface area (Å²) in [5.74, 6) is 1.09. The minimum absolute atomic E-state index is 0.121. The predicted octanol–water partition coefficient (Wildman–Crippen LogP) is 4.88. The molecule has 1 nitrogen and oxygen atoms in total. The van der Waals surface area contributed by atoms with Crippen molar-refractivity contribution in [3.8, 4) is 0 Å². The monoisotopic (exact) mass is 306 g/mol. The molecule has 1 aromatic rings. The van der Waals surface area contributed by atoms with Crippen LogP contribution in [-0.4, -0.2) is 14.7 Å². The Bertz CT molecular complexity index is 493. The first kappa shape index (κ1) is 15.7. The summed E-state index contributed by atoms with van der Waals surface area (Å²) in [4.78, 5) is 12.3. The maximum atomic E-state index is 12.3. The third-order valence-corrected chi connectivity index (χ3v) is 5.81. The lowest BCUT2D eigenvalue weighted by Crippen LogP contribution is -2.38. The van der Waals surface area contributed by atoms with Crippen molar-refractivity contribution < 1.29 is 4.79 Å². The Balaban J connectivity index is 2.07. The maximum Gasteiger partial charge on any atom is 0.137 e. The van der Waals surface area contributed by atoms with Crippen molar-refractivity contribution >= 4 is 34.0 Å². The Kier molecular flexibility index (Phi) is 5.03. The number of ketones is 1. The highest BCUT2D eigenvalue weighted by Gasteiger charge is 2.39. The number of thiocarbonyl (C=S) groups is 1. The van der Waals surface area contributed by atoms with Gasteiger partial charge in [0, 0.05) is 17.1 Å². The molecule has 0 aliphatic heterocycles. The van der Waals surface area contributed by atoms with Gasteiger partial charge in [-0.25, -0.2) is 0 Å². The van der Waals surface area contributed by atoms with Gasteiger partial charge >= 0.3 is 0 Å². The molecule has 0 bridgehead atoms. The molecular formula is C17H22OS2. The van der Waals surface area contributed by atoms with Crippen LogP contribution in [0.15, 0.2) is 30.3 Å². The molecule has 1 aliphatic rings. The zero-order valence-corrected chi connectivity index (χ0v) is 14.0. The molecule has 0 saturated heterocycles. The van der Waals surface area contributed by atoms with E-state index in [1.165, 1.54) is 0 Å². The van der Waals surface area contributed by atoms with Crippen LogP contribution in [0.1, 0.15) is 45.6 Å². The summed E-state index contributed by atoms with van der Waals surface area (Å²) in [7, 11) is 0. The molecule has 2 rings (SSSR count). The second-order valence-electron chi connectivity index (χ2n) is 6.26. The molecule has 1 fully saturated rings. The van der Waals surface area contributed by atoms with Crippen molar-refractivity contribution in [1.29, 1.82) is 0 Å². The first-order valence-electron chi connectivity index (χ1n) is 7.21. The normalized spacial score (nSPS) is 23.6. The van der Waals surface area contributed by atoms with Crippen LogP contribution in [0.3, 0.4) is 0 Å². The second kappa shape index (κ2) is 6.40. The van der Waals surface area contributed by atoms with Gasteiger partial charge in [0.15, 0.2) is 0 Å². The summed E-state index contributed by atoms with van der Waals surface area (Å²) in [5, 5.41) is 0. The molecule has 0 spiro atoms. The number of benzene rings is 1. The van der Waals surface area contributed by atoms with E-state index in [2.05, 4.69) is 20.8 Å². The van der Waals surface area contributed by atoms with Gasteiger partial charge in [-0.3, -0.25) is 4.79 Å². The van der Waals surface area contributed by atoms with Gasteiger partial charge < -0.3 is 0 Å². The second-order valence-corrected chi connectivity index (χ2v) is 8.60. The molecule has 1 aliphatic carbocycles. The third-order valence-electron chi connectivity index (χ3n) is 4.09. The van der Waals surface area contributed by atoms with Gasteiger partial charge in [-0.1, -0.05) is 49.5 Å². The van der Waals surface area contributed by atoms with E-state index < -0.39 is 0 Å². The summed E-state index contributed by atoms with van der Waals surface area (Å²) >= 11 is 7.23. The Morgan fingerprint density at radius 3 is 2.50 bits per heavy atom. The Morgan fingerprint density at radius 2 is 1.90 bits per heavy atom. The fraction of sp³-hybridized carbons (Fsp3) is 0.529. The minimum atomic E-state index is -0.121. The average molecular weight is 306 g/mol. The van der Waals surface area contributed by atoms with Crippen LogP contribution in [-0.2, 0) is 4.79 Å². The van der Waals surface area contributed by atoms with Gasteiger partial charge in [0.05, 0.1) is 4.20 Å². The fourth-order valence-electron chi connectivity index (χ4n) is 2.88. The summed E-state index contributed by atoms with van der Waals surface area (Å²) in [6.45, 7) is 6.49. The van der Waals surface area contributed by atoms with Crippen LogP contribution >= 0.6 is 24.0 Å². The van der Waals surface area contributed by atoms with Crippen LogP contribution in [0.25, 0.3) is 0 Å². The van der Waals surface area contributed by atoms with Gasteiger partial charge in [0.25, 0.3) is 0 Å². The van der Waals surface area contributed by atoms with Crippen molar-refractivity contribution in [1.82, 2.24) is 0 Å². The third kappa shape index (κ3) is 3.70. The van der Waals surface area contributed by atoms with Gasteiger partial charge in [0.1, 0.15) is 5.78 Å². The Labute approximate surface area is 131 Å². The molecular weight excluding hydrogens is 284 g/mol. The van der Waals surface area contributed by atoms with Crippen LogP contribution in [0.5, 0.6) is 0 Å². The van der Waals surface area contributed by atoms with Gasteiger partial charge in [-0.2, -0.15) is 0 Å². The molecule has 2 atom stereocenters. The molecule has 1 saturated carbocycles. The predicted molar refractivity (Wildman–Crippen MR) is 91.3 cm³/mol. The molecule has 0 aromatic heterocycles. The van der Waals surface area contributed by atoms with E-state index in [9.17, 15) is 4.79 Å². The van der Waals surface area contributed by atoms with E-state index in [0.29, 0.717) is 11.7 Å². The Morgan fingerprint density at radius 1 is 1.25 bits per heavy atom. The first-order chi connectivity index (χ1) is 9.40. The van der Waals surface area contributed by atoms with Crippen molar-refractivity contribution in [3.05, 3.63) is 35.9 Å². The lowest BCUT2D eigenvalue weighted by Gasteiger charge is -2.37. The van der Waals surface area contributed by atoms with Crippen LogP contribution < -0.4 is 0 Å². The quantitative estimate of drug-likeness (QED) is 0.741. The maximum absolute atomic E-state index is 12.3. The van der Waals surface area contributed by atoms with E-state index in [4.69, 9.17) is 12.2 Å². The highest BCUT2D eigenvalue weighted by Crippen LogP contribution is 2.42. The molecule has 0 N–H and O–H groups in total.